The summed E-state index contributed by atoms with van der Waals surface area (Å²) in [6.07, 6.45) is -0.701. The first-order chi connectivity index (χ1) is 10.8. The van der Waals surface area contributed by atoms with E-state index in [-0.39, 0.29) is 10.6 Å². The Kier molecular flexibility index (Phi) is 6.16. The summed E-state index contributed by atoms with van der Waals surface area (Å²) in [5.41, 5.74) is 2.40. The number of rotatable bonds is 2. The van der Waals surface area contributed by atoms with Crippen LogP contribution in [0, 0.1) is 0 Å². The number of halogens is 3. The first-order valence-electron chi connectivity index (χ1n) is 6.63. The molecule has 0 fully saturated rings. The third-order valence-corrected chi connectivity index (χ3v) is 6.55. The SMILES string of the molecule is CC1=C(C)C(=NOC(=O)Nc2ccc(Br)cc2)C(Br)C(Br)C1=O. The Morgan fingerprint density at radius 2 is 1.74 bits per heavy atom. The van der Waals surface area contributed by atoms with E-state index < -0.39 is 10.9 Å². The van der Waals surface area contributed by atoms with Crippen molar-refractivity contribution < 1.29 is 14.4 Å². The number of nitrogens with one attached hydrogen (secondary N) is 1. The van der Waals surface area contributed by atoms with Crippen LogP contribution in [-0.4, -0.2) is 27.2 Å². The molecule has 2 unspecified atom stereocenters. The van der Waals surface area contributed by atoms with Gasteiger partial charge in [-0.05, 0) is 49.3 Å². The molecule has 1 aliphatic carbocycles. The molecule has 1 aromatic carbocycles. The van der Waals surface area contributed by atoms with Crippen molar-refractivity contribution in [3.63, 3.8) is 0 Å². The number of benzene rings is 1. The van der Waals surface area contributed by atoms with Crippen LogP contribution in [0.2, 0.25) is 0 Å². The highest BCUT2D eigenvalue weighted by Gasteiger charge is 2.36. The molecule has 5 nitrogen and oxygen atoms in total. The molecule has 0 radical (unpaired) electrons. The number of oxime groups is 1. The monoisotopic (exact) mass is 506 g/mol. The van der Waals surface area contributed by atoms with E-state index in [0.29, 0.717) is 22.5 Å². The van der Waals surface area contributed by atoms with Crippen LogP contribution in [0.5, 0.6) is 0 Å². The fourth-order valence-electron chi connectivity index (χ4n) is 1.95. The Balaban J connectivity index is 2.10. The lowest BCUT2D eigenvalue weighted by Crippen LogP contribution is -2.38. The Hall–Kier alpha value is -0.990. The summed E-state index contributed by atoms with van der Waals surface area (Å²) in [4.78, 5) is 27.9. The van der Waals surface area contributed by atoms with E-state index in [2.05, 4.69) is 58.3 Å². The molecule has 23 heavy (non-hydrogen) atoms. The molecule has 0 spiro atoms. The molecule has 0 aliphatic heterocycles. The molecule has 0 aromatic heterocycles. The molecule has 1 aliphatic rings. The van der Waals surface area contributed by atoms with Gasteiger partial charge in [0.25, 0.3) is 0 Å². The normalized spacial score (nSPS) is 23.2. The third-order valence-electron chi connectivity index (χ3n) is 3.40. The maximum absolute atomic E-state index is 12.0. The van der Waals surface area contributed by atoms with E-state index in [1.807, 2.05) is 0 Å². The van der Waals surface area contributed by atoms with Gasteiger partial charge in [-0.25, -0.2) is 4.79 Å². The number of allylic oxidation sites excluding steroid dienone is 2. The van der Waals surface area contributed by atoms with Crippen LogP contribution in [0.4, 0.5) is 10.5 Å². The molecule has 122 valence electrons. The summed E-state index contributed by atoms with van der Waals surface area (Å²) in [7, 11) is 0. The largest absolute Gasteiger partial charge is 0.437 e. The second-order valence-corrected chi connectivity index (χ2v) is 7.79. The van der Waals surface area contributed by atoms with Crippen molar-refractivity contribution in [1.82, 2.24) is 0 Å². The lowest BCUT2D eigenvalue weighted by Gasteiger charge is -2.25. The predicted molar refractivity (Wildman–Crippen MR) is 100 cm³/mol. The van der Waals surface area contributed by atoms with Crippen molar-refractivity contribution in [3.05, 3.63) is 39.9 Å². The second-order valence-electron chi connectivity index (χ2n) is 4.90. The van der Waals surface area contributed by atoms with Crippen LogP contribution in [0.15, 0.2) is 45.0 Å². The highest BCUT2D eigenvalue weighted by molar-refractivity contribution is 9.12. The van der Waals surface area contributed by atoms with Gasteiger partial charge in [-0.3, -0.25) is 14.9 Å². The van der Waals surface area contributed by atoms with Gasteiger partial charge in [0.15, 0.2) is 5.78 Å². The Labute approximate surface area is 158 Å². The molecule has 1 amide bonds. The van der Waals surface area contributed by atoms with Crippen molar-refractivity contribution >= 4 is 71.1 Å². The molecule has 8 heteroatoms. The summed E-state index contributed by atoms with van der Waals surface area (Å²) < 4.78 is 0.908. The topological polar surface area (TPSA) is 67.8 Å². The molecular weight excluding hydrogens is 496 g/mol. The fraction of sp³-hybridized carbons (Fsp3) is 0.267. The van der Waals surface area contributed by atoms with Crippen LogP contribution in [0.3, 0.4) is 0 Å². The zero-order valence-corrected chi connectivity index (χ0v) is 17.0. The fourth-order valence-corrected chi connectivity index (χ4v) is 3.47. The number of alkyl halides is 2. The van der Waals surface area contributed by atoms with E-state index in [9.17, 15) is 9.59 Å². The quantitative estimate of drug-likeness (QED) is 0.354. The number of amides is 1. The molecule has 1 aromatic rings. The van der Waals surface area contributed by atoms with E-state index in [1.165, 1.54) is 0 Å². The van der Waals surface area contributed by atoms with Crippen molar-refractivity contribution in [3.8, 4) is 0 Å². The summed E-state index contributed by atoms with van der Waals surface area (Å²) in [5, 5.41) is 6.47. The summed E-state index contributed by atoms with van der Waals surface area (Å²) in [5.74, 6) is -0.0114. The number of hydrogen-bond acceptors (Lipinski definition) is 4. The van der Waals surface area contributed by atoms with Crippen molar-refractivity contribution in [2.24, 2.45) is 5.16 Å². The zero-order chi connectivity index (χ0) is 17.1. The van der Waals surface area contributed by atoms with Crippen LogP contribution in [0.25, 0.3) is 0 Å². The third kappa shape index (κ3) is 4.30. The lowest BCUT2D eigenvalue weighted by molar-refractivity contribution is -0.114. The van der Waals surface area contributed by atoms with Crippen molar-refractivity contribution in [2.75, 3.05) is 5.32 Å². The van der Waals surface area contributed by atoms with E-state index >= 15 is 0 Å². The van der Waals surface area contributed by atoms with Gasteiger partial charge in [0.05, 0.1) is 15.4 Å². The predicted octanol–water partition coefficient (Wildman–Crippen LogP) is 4.80. The second kappa shape index (κ2) is 7.72. The van der Waals surface area contributed by atoms with Gasteiger partial charge in [0.2, 0.25) is 0 Å². The number of hydrogen-bond donors (Lipinski definition) is 1. The van der Waals surface area contributed by atoms with Gasteiger partial charge >= 0.3 is 6.09 Å². The van der Waals surface area contributed by atoms with E-state index in [4.69, 9.17) is 4.84 Å². The molecule has 2 atom stereocenters. The molecular formula is C15H13Br3N2O3. The average molecular weight is 509 g/mol. The number of carbonyl (C=O) groups excluding carboxylic acids is 2. The molecule has 0 heterocycles. The van der Waals surface area contributed by atoms with Gasteiger partial charge in [0, 0.05) is 10.2 Å². The maximum atomic E-state index is 12.0. The standard InChI is InChI=1S/C15H13Br3N2O3/c1-7-8(2)14(21)12(18)11(17)13(7)20-23-15(22)19-10-5-3-9(16)4-6-10/h3-6,11-12H,1-2H3,(H,19,22). The highest BCUT2D eigenvalue weighted by atomic mass is 79.9. The summed E-state index contributed by atoms with van der Waals surface area (Å²) in [6, 6.07) is 7.06. The maximum Gasteiger partial charge on any atom is 0.437 e. The molecule has 1 N–H and O–H groups in total. The van der Waals surface area contributed by atoms with Crippen LogP contribution < -0.4 is 5.32 Å². The minimum absolute atomic E-state index is 0.0114. The van der Waals surface area contributed by atoms with Gasteiger partial charge < -0.3 is 0 Å². The number of nitrogens with zero attached hydrogens (tertiary/aromatic N) is 1. The molecule has 0 saturated heterocycles. The Morgan fingerprint density at radius 3 is 2.35 bits per heavy atom. The Morgan fingerprint density at radius 1 is 1.13 bits per heavy atom. The minimum Gasteiger partial charge on any atom is -0.297 e. The highest BCUT2D eigenvalue weighted by Crippen LogP contribution is 2.30. The minimum atomic E-state index is -0.701. The molecule has 2 rings (SSSR count). The number of Topliss-reactive ketones (excluding diaryl/α,β-unsaturated/α-hetero) is 1. The lowest BCUT2D eigenvalue weighted by atomic mass is 9.91. The average Bonchev–Trinajstić information content (AvgIpc) is 2.53. The first kappa shape index (κ1) is 18.4. The molecule has 0 saturated carbocycles. The Bertz CT molecular complexity index is 698. The van der Waals surface area contributed by atoms with Crippen LogP contribution in [-0.2, 0) is 9.63 Å². The van der Waals surface area contributed by atoms with Crippen molar-refractivity contribution in [1.29, 1.82) is 0 Å². The first-order valence-corrected chi connectivity index (χ1v) is 9.25. The zero-order valence-electron chi connectivity index (χ0n) is 12.3. The number of carbonyl (C=O) groups is 2. The van der Waals surface area contributed by atoms with Gasteiger partial charge in [-0.1, -0.05) is 52.9 Å². The van der Waals surface area contributed by atoms with Crippen LogP contribution >= 0.6 is 47.8 Å². The van der Waals surface area contributed by atoms with Gasteiger partial charge in [0.1, 0.15) is 0 Å². The van der Waals surface area contributed by atoms with Gasteiger partial charge in [-0.2, -0.15) is 0 Å². The number of anilines is 1. The van der Waals surface area contributed by atoms with Crippen LogP contribution in [0.1, 0.15) is 13.8 Å². The molecule has 0 bridgehead atoms. The summed E-state index contributed by atoms with van der Waals surface area (Å²) in [6.45, 7) is 3.50. The van der Waals surface area contributed by atoms with Gasteiger partial charge in [-0.15, -0.1) is 0 Å². The number of ketones is 1. The smallest absolute Gasteiger partial charge is 0.297 e. The van der Waals surface area contributed by atoms with E-state index in [0.717, 1.165) is 4.47 Å². The van der Waals surface area contributed by atoms with Crippen molar-refractivity contribution in [2.45, 2.75) is 23.5 Å². The van der Waals surface area contributed by atoms with E-state index in [1.54, 1.807) is 38.1 Å². The summed E-state index contributed by atoms with van der Waals surface area (Å²) >= 11 is 10.0.